The second-order valence-corrected chi connectivity index (χ2v) is 5.72. The summed E-state index contributed by atoms with van der Waals surface area (Å²) in [5, 5.41) is 3.04. The van der Waals surface area contributed by atoms with Gasteiger partial charge < -0.3 is 15.6 Å². The molecule has 112 valence electrons. The number of nitrogens with zero attached hydrogens (tertiary/aromatic N) is 1. The van der Waals surface area contributed by atoms with Gasteiger partial charge in [0.1, 0.15) is 5.69 Å². The van der Waals surface area contributed by atoms with Gasteiger partial charge in [0.05, 0.1) is 5.69 Å². The van der Waals surface area contributed by atoms with Gasteiger partial charge in [0.2, 0.25) is 0 Å². The molecule has 0 radical (unpaired) electrons. The van der Waals surface area contributed by atoms with E-state index in [1.807, 2.05) is 43.5 Å². The zero-order valence-electron chi connectivity index (χ0n) is 12.8. The predicted molar refractivity (Wildman–Crippen MR) is 86.3 cm³/mol. The zero-order valence-corrected chi connectivity index (χ0v) is 12.8. The van der Waals surface area contributed by atoms with Gasteiger partial charge in [-0.25, -0.2) is 0 Å². The van der Waals surface area contributed by atoms with E-state index in [-0.39, 0.29) is 18.0 Å². The SMILES string of the molecule is CC(Cc1ccccc1)NC(=O)c1cc(N)cn1C(C)C. The van der Waals surface area contributed by atoms with Crippen LogP contribution < -0.4 is 11.1 Å². The quantitative estimate of drug-likeness (QED) is 0.887. The Bertz CT molecular complexity index is 602. The summed E-state index contributed by atoms with van der Waals surface area (Å²) in [5.41, 5.74) is 8.25. The van der Waals surface area contributed by atoms with Crippen molar-refractivity contribution in [2.24, 2.45) is 0 Å². The lowest BCUT2D eigenvalue weighted by atomic mass is 10.1. The van der Waals surface area contributed by atoms with Crippen LogP contribution in [0.25, 0.3) is 0 Å². The molecule has 2 rings (SSSR count). The van der Waals surface area contributed by atoms with E-state index >= 15 is 0 Å². The van der Waals surface area contributed by atoms with Crippen molar-refractivity contribution in [1.82, 2.24) is 9.88 Å². The summed E-state index contributed by atoms with van der Waals surface area (Å²) >= 11 is 0. The lowest BCUT2D eigenvalue weighted by molar-refractivity contribution is 0.0929. The van der Waals surface area contributed by atoms with E-state index in [2.05, 4.69) is 17.4 Å². The molecule has 4 heteroatoms. The number of amides is 1. The first-order valence-electron chi connectivity index (χ1n) is 7.29. The van der Waals surface area contributed by atoms with Crippen LogP contribution in [-0.4, -0.2) is 16.5 Å². The van der Waals surface area contributed by atoms with Crippen molar-refractivity contribution < 1.29 is 4.79 Å². The van der Waals surface area contributed by atoms with Gasteiger partial charge in [-0.15, -0.1) is 0 Å². The van der Waals surface area contributed by atoms with Gasteiger partial charge in [0.15, 0.2) is 0 Å². The lowest BCUT2D eigenvalue weighted by Crippen LogP contribution is -2.35. The molecule has 0 saturated heterocycles. The smallest absolute Gasteiger partial charge is 0.268 e. The Balaban J connectivity index is 2.04. The molecule has 1 heterocycles. The molecule has 21 heavy (non-hydrogen) atoms. The minimum absolute atomic E-state index is 0.0663. The number of rotatable bonds is 5. The number of nitrogens with one attached hydrogen (secondary N) is 1. The van der Waals surface area contributed by atoms with E-state index in [4.69, 9.17) is 5.73 Å². The first-order valence-corrected chi connectivity index (χ1v) is 7.29. The highest BCUT2D eigenvalue weighted by atomic mass is 16.2. The summed E-state index contributed by atoms with van der Waals surface area (Å²) < 4.78 is 1.90. The molecule has 1 aromatic carbocycles. The number of hydrogen-bond acceptors (Lipinski definition) is 2. The minimum Gasteiger partial charge on any atom is -0.397 e. The summed E-state index contributed by atoms with van der Waals surface area (Å²) in [6, 6.07) is 12.1. The van der Waals surface area contributed by atoms with Crippen molar-refractivity contribution >= 4 is 11.6 Å². The van der Waals surface area contributed by atoms with Crippen LogP contribution in [0.1, 0.15) is 42.9 Å². The Morgan fingerprint density at radius 3 is 2.52 bits per heavy atom. The molecule has 4 nitrogen and oxygen atoms in total. The third-order valence-corrected chi connectivity index (χ3v) is 3.42. The number of nitrogen functional groups attached to an aromatic ring is 1. The van der Waals surface area contributed by atoms with Gasteiger partial charge in [-0.2, -0.15) is 0 Å². The van der Waals surface area contributed by atoms with Crippen molar-refractivity contribution in [3.8, 4) is 0 Å². The monoisotopic (exact) mass is 285 g/mol. The molecular weight excluding hydrogens is 262 g/mol. The molecule has 1 unspecified atom stereocenters. The number of aromatic nitrogens is 1. The van der Waals surface area contributed by atoms with Crippen LogP contribution in [0.3, 0.4) is 0 Å². The van der Waals surface area contributed by atoms with E-state index in [9.17, 15) is 4.79 Å². The average Bonchev–Trinajstić information content (AvgIpc) is 2.82. The summed E-state index contributed by atoms with van der Waals surface area (Å²) in [7, 11) is 0. The van der Waals surface area contributed by atoms with Crippen molar-refractivity contribution in [3.63, 3.8) is 0 Å². The highest BCUT2D eigenvalue weighted by Crippen LogP contribution is 2.16. The van der Waals surface area contributed by atoms with Gasteiger partial charge in [0, 0.05) is 18.3 Å². The van der Waals surface area contributed by atoms with Gasteiger partial charge >= 0.3 is 0 Å². The molecule has 0 aliphatic heterocycles. The fraction of sp³-hybridized carbons (Fsp3) is 0.353. The summed E-state index contributed by atoms with van der Waals surface area (Å²) in [4.78, 5) is 12.4. The van der Waals surface area contributed by atoms with Crippen molar-refractivity contribution in [1.29, 1.82) is 0 Å². The van der Waals surface area contributed by atoms with Gasteiger partial charge in [-0.05, 0) is 38.8 Å². The Hall–Kier alpha value is -2.23. The van der Waals surface area contributed by atoms with E-state index in [1.165, 1.54) is 5.56 Å². The molecule has 3 N–H and O–H groups in total. The first kappa shape index (κ1) is 15.2. The number of carbonyl (C=O) groups excluding carboxylic acids is 1. The number of nitrogens with two attached hydrogens (primary N) is 1. The molecule has 0 saturated carbocycles. The van der Waals surface area contributed by atoms with Crippen LogP contribution in [0.4, 0.5) is 5.69 Å². The largest absolute Gasteiger partial charge is 0.397 e. The van der Waals surface area contributed by atoms with E-state index in [0.29, 0.717) is 11.4 Å². The minimum atomic E-state index is -0.0798. The molecule has 0 spiro atoms. The Morgan fingerprint density at radius 1 is 1.24 bits per heavy atom. The molecule has 0 aliphatic rings. The van der Waals surface area contributed by atoms with E-state index < -0.39 is 0 Å². The Morgan fingerprint density at radius 2 is 1.90 bits per heavy atom. The van der Waals surface area contributed by atoms with Gasteiger partial charge in [0.25, 0.3) is 5.91 Å². The third-order valence-electron chi connectivity index (χ3n) is 3.42. The maximum absolute atomic E-state index is 12.4. The predicted octanol–water partition coefficient (Wildman–Crippen LogP) is 3.01. The summed E-state index contributed by atoms with van der Waals surface area (Å²) in [6.45, 7) is 6.07. The summed E-state index contributed by atoms with van der Waals surface area (Å²) in [5.74, 6) is -0.0798. The maximum Gasteiger partial charge on any atom is 0.268 e. The van der Waals surface area contributed by atoms with Crippen molar-refractivity contribution in [2.75, 3.05) is 5.73 Å². The highest BCUT2D eigenvalue weighted by Gasteiger charge is 2.16. The van der Waals surface area contributed by atoms with Crippen molar-refractivity contribution in [3.05, 3.63) is 53.9 Å². The number of carbonyl (C=O) groups is 1. The fourth-order valence-electron chi connectivity index (χ4n) is 2.43. The molecule has 2 aromatic rings. The number of benzene rings is 1. The highest BCUT2D eigenvalue weighted by molar-refractivity contribution is 5.94. The third kappa shape index (κ3) is 3.88. The molecular formula is C17H23N3O. The van der Waals surface area contributed by atoms with Gasteiger partial charge in [-0.3, -0.25) is 4.79 Å². The fourth-order valence-corrected chi connectivity index (χ4v) is 2.43. The van der Waals surface area contributed by atoms with Crippen LogP contribution in [-0.2, 0) is 6.42 Å². The van der Waals surface area contributed by atoms with Gasteiger partial charge in [-0.1, -0.05) is 30.3 Å². The molecule has 1 aromatic heterocycles. The normalized spacial score (nSPS) is 12.4. The topological polar surface area (TPSA) is 60.1 Å². The van der Waals surface area contributed by atoms with Crippen molar-refractivity contribution in [2.45, 2.75) is 39.3 Å². The molecule has 0 fully saturated rings. The standard InChI is InChI=1S/C17H23N3O/c1-12(2)20-11-15(18)10-16(20)17(21)19-13(3)9-14-7-5-4-6-8-14/h4-8,10-13H,9,18H2,1-3H3,(H,19,21). The maximum atomic E-state index is 12.4. The van der Waals surface area contributed by atoms with E-state index in [0.717, 1.165) is 6.42 Å². The molecule has 1 atom stereocenters. The zero-order chi connectivity index (χ0) is 15.4. The Labute approximate surface area is 126 Å². The van der Waals surface area contributed by atoms with Crippen LogP contribution in [0, 0.1) is 0 Å². The van der Waals surface area contributed by atoms with Crippen LogP contribution in [0.2, 0.25) is 0 Å². The van der Waals surface area contributed by atoms with Crippen LogP contribution in [0.5, 0.6) is 0 Å². The Kier molecular flexibility index (Phi) is 4.68. The second kappa shape index (κ2) is 6.48. The first-order chi connectivity index (χ1) is 9.97. The molecule has 1 amide bonds. The van der Waals surface area contributed by atoms with E-state index in [1.54, 1.807) is 12.3 Å². The second-order valence-electron chi connectivity index (χ2n) is 5.72. The van der Waals surface area contributed by atoms with Crippen LogP contribution in [0.15, 0.2) is 42.6 Å². The number of anilines is 1. The lowest BCUT2D eigenvalue weighted by Gasteiger charge is -2.16. The van der Waals surface area contributed by atoms with Crippen LogP contribution >= 0.6 is 0 Å². The number of hydrogen-bond donors (Lipinski definition) is 2. The average molecular weight is 285 g/mol. The molecule has 0 bridgehead atoms. The molecule has 0 aliphatic carbocycles. The summed E-state index contributed by atoms with van der Waals surface area (Å²) in [6.07, 6.45) is 2.62.